The summed E-state index contributed by atoms with van der Waals surface area (Å²) in [5, 5.41) is 52.9. The van der Waals surface area contributed by atoms with Crippen LogP contribution >= 0.6 is 10.7 Å². The molecular weight excluding hydrogens is 1360 g/mol. The van der Waals surface area contributed by atoms with E-state index in [1.165, 1.54) is 58.0 Å². The molecular formula is C72H81ClN12O7SSiSn. The normalized spacial score (nSPS) is 10.2. The number of tetrazole rings is 1. The van der Waals surface area contributed by atoms with Crippen LogP contribution in [0.5, 0.6) is 0 Å². The Morgan fingerprint density at radius 2 is 1.01 bits per heavy atom. The number of amides is 2. The van der Waals surface area contributed by atoms with Crippen molar-refractivity contribution >= 4 is 115 Å². The van der Waals surface area contributed by atoms with Crippen LogP contribution in [0.4, 0.5) is 17.1 Å². The molecule has 0 aliphatic heterocycles. The molecule has 0 spiro atoms. The summed E-state index contributed by atoms with van der Waals surface area (Å²) in [6.45, 7) is 10.3. The van der Waals surface area contributed by atoms with Gasteiger partial charge in [0.05, 0.1) is 28.8 Å². The number of carbonyl (C=O) groups is 3. The number of H-pyrrole nitrogens is 1. The zero-order valence-corrected chi connectivity index (χ0v) is 59.8. The number of aryl methyl sites for hydroxylation is 3. The minimum atomic E-state index is -3.19. The summed E-state index contributed by atoms with van der Waals surface area (Å²) in [5.74, 6) is -0.423. The van der Waals surface area contributed by atoms with Gasteiger partial charge in [-0.1, -0.05) is 183 Å². The van der Waals surface area contributed by atoms with E-state index in [2.05, 4.69) is 144 Å². The Morgan fingerprint density at radius 3 is 1.39 bits per heavy atom. The fourth-order valence-electron chi connectivity index (χ4n) is 8.73. The number of aromatic nitrogens is 4. The Bertz CT molecular complexity index is 4330. The van der Waals surface area contributed by atoms with Crippen molar-refractivity contribution in [1.82, 2.24) is 20.6 Å². The number of aliphatic carboxylic acids is 1. The van der Waals surface area contributed by atoms with Crippen LogP contribution in [-0.4, -0.2) is 86.2 Å². The Kier molecular flexibility index (Phi) is 34.9. The van der Waals surface area contributed by atoms with E-state index in [4.69, 9.17) is 26.9 Å². The van der Waals surface area contributed by atoms with E-state index in [0.29, 0.717) is 66.1 Å². The number of carbonyl (C=O) groups excluding carboxylic acids is 2. The summed E-state index contributed by atoms with van der Waals surface area (Å²) in [4.78, 5) is 37.6. The molecule has 0 radical (unpaired) electrons. The quantitative estimate of drug-likeness (QED) is 0.0126. The van der Waals surface area contributed by atoms with Gasteiger partial charge in [-0.3, -0.25) is 14.4 Å². The number of azide groups is 1. The number of carboxylic acid groups (broad SMARTS) is 1. The number of halogens is 1. The third kappa shape index (κ3) is 32.2. The van der Waals surface area contributed by atoms with Crippen LogP contribution in [0.25, 0.3) is 54.1 Å². The van der Waals surface area contributed by atoms with Crippen LogP contribution in [0.3, 0.4) is 0 Å². The number of hydrogen-bond donors (Lipinski definition) is 5. The first-order valence-electron chi connectivity index (χ1n) is 30.8. The van der Waals surface area contributed by atoms with Crippen LogP contribution < -0.4 is 16.4 Å². The number of aromatic amines is 1. The van der Waals surface area contributed by atoms with Gasteiger partial charge in [0, 0.05) is 41.2 Å². The van der Waals surface area contributed by atoms with Crippen molar-refractivity contribution in [2.45, 2.75) is 107 Å². The first-order valence-corrected chi connectivity index (χ1v) is 42.2. The smallest absolute Gasteiger partial charge is 0.303 e. The Hall–Kier alpha value is -9.61. The third-order valence-electron chi connectivity index (χ3n) is 13.5. The molecule has 9 aromatic carbocycles. The maximum Gasteiger partial charge on any atom is 0.303 e. The fraction of sp³-hybridized carbons (Fsp3) is 0.250. The van der Waals surface area contributed by atoms with Gasteiger partial charge in [-0.15, -0.1) is 15.0 Å². The summed E-state index contributed by atoms with van der Waals surface area (Å²) < 4.78 is 35.8. The van der Waals surface area contributed by atoms with Gasteiger partial charge in [-0.2, -0.15) is 15.7 Å². The van der Waals surface area contributed by atoms with Gasteiger partial charge < -0.3 is 21.5 Å². The number of fused-ring (bicyclic) bond motifs is 3. The van der Waals surface area contributed by atoms with E-state index in [-0.39, 0.29) is 18.2 Å². The second-order valence-corrected chi connectivity index (χ2v) is 36.0. The first-order chi connectivity index (χ1) is 45.5. The number of nitriles is 2. The minimum Gasteiger partial charge on any atom is -0.481 e. The topological polar surface area (TPSA) is 324 Å². The molecule has 0 atom stereocenters. The number of para-hydroxylation sites is 3. The van der Waals surface area contributed by atoms with Crippen LogP contribution in [0.15, 0.2) is 205 Å². The molecule has 1 aromatic heterocycles. The predicted molar refractivity (Wildman–Crippen MR) is 387 cm³/mol. The molecule has 23 heteroatoms. The molecule has 2 amide bonds. The molecule has 0 aliphatic rings. The average Bonchev–Trinajstić information content (AvgIpc) is 1.67. The van der Waals surface area contributed by atoms with Crippen molar-refractivity contribution in [2.75, 3.05) is 22.6 Å². The summed E-state index contributed by atoms with van der Waals surface area (Å²) in [5.41, 5.74) is 20.2. The number of benzene rings is 9. The van der Waals surface area contributed by atoms with Crippen molar-refractivity contribution in [3.8, 4) is 23.5 Å². The van der Waals surface area contributed by atoms with Crippen molar-refractivity contribution < 1.29 is 31.0 Å². The van der Waals surface area contributed by atoms with E-state index in [1.54, 1.807) is 48.5 Å². The predicted octanol–water partition coefficient (Wildman–Crippen LogP) is 17.2. The first kappa shape index (κ1) is 77.8. The van der Waals surface area contributed by atoms with Gasteiger partial charge in [-0.05, 0) is 120 Å². The molecule has 10 aromatic rings. The van der Waals surface area contributed by atoms with E-state index < -0.39 is 43.0 Å². The van der Waals surface area contributed by atoms with Crippen LogP contribution in [0.2, 0.25) is 28.5 Å². The van der Waals surface area contributed by atoms with Crippen molar-refractivity contribution in [2.24, 2.45) is 4.78 Å². The molecule has 0 saturated heterocycles. The Morgan fingerprint density at radius 1 is 0.621 bits per heavy atom. The van der Waals surface area contributed by atoms with Crippen molar-refractivity contribution in [3.05, 3.63) is 238 Å². The van der Waals surface area contributed by atoms with Gasteiger partial charge >= 0.3 is 77.2 Å². The second kappa shape index (κ2) is 42.6. The number of nitrogens with two attached hydrogens (primary N) is 1. The fourth-order valence-corrected chi connectivity index (χ4v) is 14.0. The molecule has 6 N–H and O–H groups in total. The summed E-state index contributed by atoms with van der Waals surface area (Å²) in [7, 11) is -0.141. The average molecular weight is 1440 g/mol. The van der Waals surface area contributed by atoms with Gasteiger partial charge in [0.2, 0.25) is 26.7 Å². The zero-order valence-electron chi connectivity index (χ0n) is 54.4. The number of nitrogens with zero attached hydrogens (tertiary/aromatic N) is 8. The molecule has 0 saturated carbocycles. The van der Waals surface area contributed by atoms with E-state index in [9.17, 15) is 25.9 Å². The largest absolute Gasteiger partial charge is 0.481 e. The summed E-state index contributed by atoms with van der Waals surface area (Å²) in [6.07, 6.45) is 8.66. The molecule has 0 unspecified atom stereocenters. The molecule has 1 heterocycles. The Labute approximate surface area is 569 Å². The second-order valence-electron chi connectivity index (χ2n) is 22.5. The number of rotatable bonds is 19. The number of nitrogen functional groups attached to an aromatic ring is 1. The number of hydrogen-bond acceptors (Lipinski definition) is 13. The van der Waals surface area contributed by atoms with Gasteiger partial charge in [0.25, 0.3) is 0 Å². The third-order valence-corrected chi connectivity index (χ3v) is 19.4. The van der Waals surface area contributed by atoms with Crippen molar-refractivity contribution in [1.29, 1.82) is 10.5 Å². The summed E-state index contributed by atoms with van der Waals surface area (Å²) in [6, 6.07) is 68.6. The molecule has 0 aliphatic carbocycles. The maximum absolute atomic E-state index is 12.4. The maximum atomic E-state index is 12.4. The van der Waals surface area contributed by atoms with Crippen LogP contribution in [0.1, 0.15) is 86.6 Å². The standard InChI is InChI=1S/C20H17N5O.C20H16N2O.C13H12O2.C7H6N2.2C4H9.C3H9N3Si.CH3ClO2S.O.Sn/c26-19(12-10-14-9-11-15-5-1-2-6-16(15)13-14)21-18-8-4-3-7-17(18)20-22-24-25-23-20;21-14-18-7-3-4-8-19(18)22-20(23)12-10-15-9-11-16-5-1-2-6-17(16)13-15;14-13(15)8-6-10-5-7-11-3-1-2-4-12(11)9-10;8-5-6-3-1-2-4-7(6)9;2*1-3-4-2;1-7(2,3)6-5-4;1-5(2,3)4;;/h1-9,11,13H,10,12H2,(H,21,26)(H,22,23,24,25);1-9,11,13H,10,12H2,(H,22,23);1-5,7,9H,6,8H2,(H,14,15);1-4H,9H2;2*1,3-4H2,2H3;1-3H3;1H3;;. The number of anilines is 3. The monoisotopic (exact) mass is 1440 g/mol. The zero-order chi connectivity index (χ0) is 69.4. The Balaban J connectivity index is 0.000000253. The van der Waals surface area contributed by atoms with Crippen LogP contribution in [0, 0.1) is 22.7 Å². The van der Waals surface area contributed by atoms with Crippen LogP contribution in [-0.2, 0) is 45.8 Å². The SMILES string of the molecule is CCC[CH2][Sn](=[O])[CH2]CCC.CS(=O)(=O)Cl.C[Si](C)(C)N=[N+]=[N-].N#Cc1ccccc1N.N#Cc1ccccc1NC(=O)CCc1ccc2ccccc2c1.O=C(CCc1ccc2ccccc2c1)Nc1ccccc1-c1nn[nH]n1.O=C(O)CCc1ccc2ccccc2c1. The van der Waals surface area contributed by atoms with E-state index in [1.807, 2.05) is 105 Å². The molecule has 95 heavy (non-hydrogen) atoms. The minimum absolute atomic E-state index is 0.0471. The number of unbranched alkanes of at least 4 members (excludes halogenated alkanes) is 2. The molecule has 0 fully saturated rings. The van der Waals surface area contributed by atoms with Gasteiger partial charge in [0.15, 0.2) is 0 Å². The van der Waals surface area contributed by atoms with Crippen molar-refractivity contribution in [3.63, 3.8) is 0 Å². The van der Waals surface area contributed by atoms with Gasteiger partial charge in [-0.25, -0.2) is 8.42 Å². The molecule has 10 rings (SSSR count). The van der Waals surface area contributed by atoms with E-state index >= 15 is 0 Å². The molecule has 19 nitrogen and oxygen atoms in total. The number of nitrogens with one attached hydrogen (secondary N) is 3. The summed E-state index contributed by atoms with van der Waals surface area (Å²) >= 11 is -1.99. The van der Waals surface area contributed by atoms with E-state index in [0.717, 1.165) is 37.4 Å². The van der Waals surface area contributed by atoms with Gasteiger partial charge in [0.1, 0.15) is 20.4 Å². The molecule has 0 bridgehead atoms. The molecule has 492 valence electrons. The number of carboxylic acids is 1.